The number of methoxy groups -OCH3 is 1. The third-order valence-corrected chi connectivity index (χ3v) is 4.23. The maximum Gasteiger partial charge on any atom is 0.257 e. The number of furan rings is 1. The summed E-state index contributed by atoms with van der Waals surface area (Å²) in [5.41, 5.74) is 1.40. The van der Waals surface area contributed by atoms with Crippen LogP contribution in [0, 0.1) is 0 Å². The molecule has 1 aromatic carbocycles. The smallest absolute Gasteiger partial charge is 0.257 e. The van der Waals surface area contributed by atoms with Crippen LogP contribution in [0.3, 0.4) is 0 Å². The molecule has 3 rings (SSSR count). The molecule has 130 valence electrons. The van der Waals surface area contributed by atoms with Gasteiger partial charge in [0.2, 0.25) is 0 Å². The van der Waals surface area contributed by atoms with Gasteiger partial charge in [-0.25, -0.2) is 4.68 Å². The molecule has 0 unspecified atom stereocenters. The molecule has 0 radical (unpaired) electrons. The van der Waals surface area contributed by atoms with E-state index in [1.165, 1.54) is 0 Å². The molecule has 0 aliphatic heterocycles. The largest absolute Gasteiger partial charge is 0.467 e. The molecular weight excluding hydrogens is 386 g/mol. The van der Waals surface area contributed by atoms with Gasteiger partial charge in [0.1, 0.15) is 5.76 Å². The Morgan fingerprint density at radius 2 is 2.12 bits per heavy atom. The molecule has 0 saturated carbocycles. The molecule has 2 heterocycles. The minimum absolute atomic E-state index is 0.114. The van der Waals surface area contributed by atoms with Gasteiger partial charge in [-0.3, -0.25) is 4.79 Å². The third-order valence-electron chi connectivity index (χ3n) is 3.70. The Kier molecular flexibility index (Phi) is 5.67. The number of rotatable bonds is 7. The van der Waals surface area contributed by atoms with Crippen LogP contribution in [0.25, 0.3) is 5.69 Å². The average Bonchev–Trinajstić information content (AvgIpc) is 3.30. The third kappa shape index (κ3) is 4.37. The van der Waals surface area contributed by atoms with Gasteiger partial charge in [0.15, 0.2) is 0 Å². The van der Waals surface area contributed by atoms with E-state index in [0.29, 0.717) is 25.3 Å². The minimum atomic E-state index is -0.114. The molecule has 0 N–H and O–H groups in total. The molecule has 3 aromatic rings. The van der Waals surface area contributed by atoms with E-state index in [1.807, 2.05) is 30.3 Å². The predicted molar refractivity (Wildman–Crippen MR) is 96.6 cm³/mol. The predicted octanol–water partition coefficient (Wildman–Crippen LogP) is 3.52. The van der Waals surface area contributed by atoms with Crippen LogP contribution in [0.4, 0.5) is 0 Å². The number of hydrogen-bond acceptors (Lipinski definition) is 4. The number of hydrogen-bond donors (Lipinski definition) is 0. The van der Waals surface area contributed by atoms with Gasteiger partial charge >= 0.3 is 0 Å². The maximum absolute atomic E-state index is 12.8. The van der Waals surface area contributed by atoms with Crippen molar-refractivity contribution in [3.8, 4) is 5.69 Å². The van der Waals surface area contributed by atoms with Crippen molar-refractivity contribution in [3.63, 3.8) is 0 Å². The van der Waals surface area contributed by atoms with Crippen molar-refractivity contribution < 1.29 is 13.9 Å². The van der Waals surface area contributed by atoms with Crippen LogP contribution in [0.2, 0.25) is 0 Å². The van der Waals surface area contributed by atoms with Crippen molar-refractivity contribution >= 4 is 21.8 Å². The minimum Gasteiger partial charge on any atom is -0.467 e. The summed E-state index contributed by atoms with van der Waals surface area (Å²) >= 11 is 3.41. The lowest BCUT2D eigenvalue weighted by atomic mass is 10.2. The summed E-state index contributed by atoms with van der Waals surface area (Å²) in [7, 11) is 1.61. The number of nitrogens with zero attached hydrogens (tertiary/aromatic N) is 3. The van der Waals surface area contributed by atoms with Gasteiger partial charge < -0.3 is 14.1 Å². The lowest BCUT2D eigenvalue weighted by Crippen LogP contribution is -2.33. The fraction of sp³-hybridized carbons (Fsp3) is 0.222. The second-order valence-corrected chi connectivity index (χ2v) is 6.36. The van der Waals surface area contributed by atoms with E-state index in [9.17, 15) is 4.79 Å². The Morgan fingerprint density at radius 3 is 2.80 bits per heavy atom. The summed E-state index contributed by atoms with van der Waals surface area (Å²) in [6.45, 7) is 1.31. The van der Waals surface area contributed by atoms with Crippen LogP contribution in [0.5, 0.6) is 0 Å². The van der Waals surface area contributed by atoms with Gasteiger partial charge in [-0.05, 0) is 36.4 Å². The van der Waals surface area contributed by atoms with E-state index in [0.717, 1.165) is 15.9 Å². The number of carbonyl (C=O) groups excluding carboxylic acids is 1. The molecule has 25 heavy (non-hydrogen) atoms. The lowest BCUT2D eigenvalue weighted by Gasteiger charge is -2.20. The zero-order chi connectivity index (χ0) is 17.6. The van der Waals surface area contributed by atoms with Crippen LogP contribution < -0.4 is 0 Å². The van der Waals surface area contributed by atoms with Crippen LogP contribution in [-0.4, -0.2) is 40.8 Å². The summed E-state index contributed by atoms with van der Waals surface area (Å²) in [5.74, 6) is 0.613. The van der Waals surface area contributed by atoms with Gasteiger partial charge in [-0.15, -0.1) is 0 Å². The highest BCUT2D eigenvalue weighted by Gasteiger charge is 2.19. The highest BCUT2D eigenvalue weighted by molar-refractivity contribution is 9.10. The molecule has 0 saturated heterocycles. The van der Waals surface area contributed by atoms with E-state index < -0.39 is 0 Å². The first-order valence-corrected chi connectivity index (χ1v) is 8.58. The number of benzene rings is 1. The Bertz CT molecular complexity index is 812. The SMILES string of the molecule is COCCN(Cc1ccco1)C(=O)c1cnn(-c2ccc(Br)cc2)c1. The van der Waals surface area contributed by atoms with Crippen molar-refractivity contribution in [1.29, 1.82) is 0 Å². The highest BCUT2D eigenvalue weighted by atomic mass is 79.9. The van der Waals surface area contributed by atoms with Crippen LogP contribution in [0.15, 0.2) is 63.9 Å². The van der Waals surface area contributed by atoms with E-state index in [4.69, 9.17) is 9.15 Å². The first-order chi connectivity index (χ1) is 12.2. The quantitative estimate of drug-likeness (QED) is 0.605. The molecule has 0 atom stereocenters. The molecule has 6 nitrogen and oxygen atoms in total. The van der Waals surface area contributed by atoms with Gasteiger partial charge in [-0.2, -0.15) is 5.10 Å². The molecule has 0 aliphatic rings. The fourth-order valence-corrected chi connectivity index (χ4v) is 2.66. The number of carbonyl (C=O) groups is 1. The number of aromatic nitrogens is 2. The molecular formula is C18H18BrN3O3. The van der Waals surface area contributed by atoms with E-state index >= 15 is 0 Å². The summed E-state index contributed by atoms with van der Waals surface area (Å²) in [4.78, 5) is 14.5. The van der Waals surface area contributed by atoms with Crippen molar-refractivity contribution in [2.75, 3.05) is 20.3 Å². The van der Waals surface area contributed by atoms with Crippen LogP contribution in [-0.2, 0) is 11.3 Å². The van der Waals surface area contributed by atoms with Gasteiger partial charge in [0.05, 0.1) is 36.9 Å². The summed E-state index contributed by atoms with van der Waals surface area (Å²) < 4.78 is 13.1. The van der Waals surface area contributed by atoms with E-state index in [2.05, 4.69) is 21.0 Å². The Balaban J connectivity index is 1.78. The number of ether oxygens (including phenoxy) is 1. The summed E-state index contributed by atoms with van der Waals surface area (Å²) in [5, 5.41) is 4.30. The van der Waals surface area contributed by atoms with Gasteiger partial charge in [0.25, 0.3) is 5.91 Å². The fourth-order valence-electron chi connectivity index (χ4n) is 2.40. The van der Waals surface area contributed by atoms with Crippen molar-refractivity contribution in [3.05, 3.63) is 70.9 Å². The Labute approximate surface area is 154 Å². The zero-order valence-corrected chi connectivity index (χ0v) is 15.3. The highest BCUT2D eigenvalue weighted by Crippen LogP contribution is 2.15. The van der Waals surface area contributed by atoms with Crippen molar-refractivity contribution in [2.45, 2.75) is 6.54 Å². The van der Waals surface area contributed by atoms with E-state index in [-0.39, 0.29) is 5.91 Å². The topological polar surface area (TPSA) is 60.5 Å². The van der Waals surface area contributed by atoms with Crippen molar-refractivity contribution in [1.82, 2.24) is 14.7 Å². The van der Waals surface area contributed by atoms with Gasteiger partial charge in [-0.1, -0.05) is 15.9 Å². The zero-order valence-electron chi connectivity index (χ0n) is 13.8. The Morgan fingerprint density at radius 1 is 1.32 bits per heavy atom. The molecule has 0 fully saturated rings. The first kappa shape index (κ1) is 17.4. The molecule has 7 heteroatoms. The van der Waals surface area contributed by atoms with Crippen LogP contribution in [0.1, 0.15) is 16.1 Å². The Hall–Kier alpha value is -2.38. The second-order valence-electron chi connectivity index (χ2n) is 5.45. The normalized spacial score (nSPS) is 10.8. The molecule has 0 aliphatic carbocycles. The van der Waals surface area contributed by atoms with Crippen molar-refractivity contribution in [2.24, 2.45) is 0 Å². The number of halogens is 1. The molecule has 0 bridgehead atoms. The lowest BCUT2D eigenvalue weighted by molar-refractivity contribution is 0.0666. The molecule has 2 aromatic heterocycles. The monoisotopic (exact) mass is 403 g/mol. The number of amides is 1. The summed E-state index contributed by atoms with van der Waals surface area (Å²) in [6, 6.07) is 11.4. The molecule has 1 amide bonds. The molecule has 0 spiro atoms. The first-order valence-electron chi connectivity index (χ1n) is 7.78. The maximum atomic E-state index is 12.8. The van der Waals surface area contributed by atoms with Gasteiger partial charge in [0, 0.05) is 24.3 Å². The van der Waals surface area contributed by atoms with Crippen LogP contribution >= 0.6 is 15.9 Å². The van der Waals surface area contributed by atoms with E-state index in [1.54, 1.807) is 41.4 Å². The second kappa shape index (κ2) is 8.13. The summed E-state index contributed by atoms with van der Waals surface area (Å²) in [6.07, 6.45) is 4.90. The average molecular weight is 404 g/mol. The standard InChI is InChI=1S/C18H18BrN3O3/c1-24-10-8-21(13-17-3-2-9-25-17)18(23)14-11-20-22(12-14)16-6-4-15(19)5-7-16/h2-7,9,11-12H,8,10,13H2,1H3.